The molecular formula is C12H12ClF3N2O3. The summed E-state index contributed by atoms with van der Waals surface area (Å²) in [5.41, 5.74) is -2.28. The fraction of sp³-hybridized carbons (Fsp3) is 0.417. The van der Waals surface area contributed by atoms with Gasteiger partial charge in [-0.15, -0.1) is 0 Å². The van der Waals surface area contributed by atoms with Crippen LogP contribution in [0.3, 0.4) is 0 Å². The van der Waals surface area contributed by atoms with Gasteiger partial charge in [0.2, 0.25) is 0 Å². The van der Waals surface area contributed by atoms with Crippen LogP contribution in [0.25, 0.3) is 0 Å². The minimum absolute atomic E-state index is 0.308. The van der Waals surface area contributed by atoms with E-state index >= 15 is 0 Å². The molecule has 1 rings (SSSR count). The first-order valence-electron chi connectivity index (χ1n) is 5.68. The molecule has 0 spiro atoms. The highest BCUT2D eigenvalue weighted by atomic mass is 35.5. The number of alkyl halides is 3. The average Bonchev–Trinajstić information content (AvgIpc) is 2.26. The number of carbonyl (C=O) groups excluding carboxylic acids is 2. The first-order valence-corrected chi connectivity index (χ1v) is 6.06. The van der Waals surface area contributed by atoms with E-state index in [-0.39, 0.29) is 5.15 Å². The Morgan fingerprint density at radius 2 is 1.81 bits per heavy atom. The van der Waals surface area contributed by atoms with E-state index in [9.17, 15) is 22.8 Å². The highest BCUT2D eigenvalue weighted by Crippen LogP contribution is 2.26. The van der Waals surface area contributed by atoms with Crippen molar-refractivity contribution in [3.8, 4) is 0 Å². The van der Waals surface area contributed by atoms with E-state index in [1.807, 2.05) is 5.32 Å². The maximum absolute atomic E-state index is 12.5. The number of amides is 1. The van der Waals surface area contributed by atoms with E-state index in [1.165, 1.54) is 0 Å². The van der Waals surface area contributed by atoms with Crippen LogP contribution in [0.1, 0.15) is 31.3 Å². The Balaban J connectivity index is 3.09. The van der Waals surface area contributed by atoms with Gasteiger partial charge in [-0.05, 0) is 32.9 Å². The molecule has 0 aliphatic heterocycles. The van der Waals surface area contributed by atoms with Crippen LogP contribution >= 0.6 is 11.6 Å². The van der Waals surface area contributed by atoms with Crippen LogP contribution in [0, 0.1) is 0 Å². The van der Waals surface area contributed by atoms with Gasteiger partial charge in [0, 0.05) is 0 Å². The third-order valence-corrected chi connectivity index (χ3v) is 2.18. The van der Waals surface area contributed by atoms with E-state index in [4.69, 9.17) is 16.3 Å². The van der Waals surface area contributed by atoms with E-state index in [1.54, 1.807) is 20.8 Å². The molecule has 1 aromatic rings. The van der Waals surface area contributed by atoms with E-state index in [0.717, 1.165) is 12.1 Å². The maximum atomic E-state index is 12.5. The van der Waals surface area contributed by atoms with Gasteiger partial charge in [-0.2, -0.15) is 13.2 Å². The Morgan fingerprint density at radius 3 is 2.29 bits per heavy atom. The fourth-order valence-corrected chi connectivity index (χ4v) is 1.40. The Labute approximate surface area is 123 Å². The zero-order valence-electron chi connectivity index (χ0n) is 11.3. The number of nitrogens with zero attached hydrogens (tertiary/aromatic N) is 1. The number of ketones is 1. The van der Waals surface area contributed by atoms with E-state index in [0.29, 0.717) is 0 Å². The van der Waals surface area contributed by atoms with Gasteiger partial charge in [0.1, 0.15) is 16.4 Å². The molecule has 1 aromatic heterocycles. The largest absolute Gasteiger partial charge is 0.456 e. The molecule has 0 aliphatic carbocycles. The number of ether oxygens (including phenoxy) is 1. The van der Waals surface area contributed by atoms with Crippen LogP contribution in [0.5, 0.6) is 0 Å². The third kappa shape index (κ3) is 5.22. The number of pyridine rings is 1. The van der Waals surface area contributed by atoms with Gasteiger partial charge in [-0.1, -0.05) is 11.6 Å². The van der Waals surface area contributed by atoms with E-state index in [2.05, 4.69) is 4.98 Å². The highest BCUT2D eigenvalue weighted by molar-refractivity contribution is 6.29. The molecule has 1 heterocycles. The van der Waals surface area contributed by atoms with Crippen molar-refractivity contribution in [1.29, 1.82) is 0 Å². The number of aromatic nitrogens is 1. The summed E-state index contributed by atoms with van der Waals surface area (Å²) in [6.45, 7) is 4.73. The van der Waals surface area contributed by atoms with Gasteiger partial charge in [-0.3, -0.25) is 10.1 Å². The molecule has 0 bridgehead atoms. The summed E-state index contributed by atoms with van der Waals surface area (Å²) in [4.78, 5) is 26.1. The molecule has 0 saturated heterocycles. The summed E-state index contributed by atoms with van der Waals surface area (Å²) in [5, 5.41) is 1.74. The van der Waals surface area contributed by atoms with Crippen molar-refractivity contribution in [2.75, 3.05) is 5.32 Å². The fourth-order valence-electron chi connectivity index (χ4n) is 1.26. The van der Waals surface area contributed by atoms with Crippen molar-refractivity contribution >= 4 is 29.2 Å². The number of carbonyl (C=O) groups is 2. The molecule has 5 nitrogen and oxygen atoms in total. The molecule has 21 heavy (non-hydrogen) atoms. The van der Waals surface area contributed by atoms with Crippen molar-refractivity contribution in [1.82, 2.24) is 4.98 Å². The van der Waals surface area contributed by atoms with Gasteiger partial charge in [0.05, 0.1) is 5.69 Å². The van der Waals surface area contributed by atoms with Crippen molar-refractivity contribution < 1.29 is 27.5 Å². The Bertz CT molecular complexity index is 568. The molecule has 116 valence electrons. The molecule has 1 N–H and O–H groups in total. The zero-order valence-corrected chi connectivity index (χ0v) is 12.1. The Morgan fingerprint density at radius 1 is 1.24 bits per heavy atom. The molecule has 0 saturated carbocycles. The van der Waals surface area contributed by atoms with Crippen molar-refractivity contribution in [2.45, 2.75) is 32.5 Å². The van der Waals surface area contributed by atoms with Crippen molar-refractivity contribution in [2.24, 2.45) is 0 Å². The lowest BCUT2D eigenvalue weighted by Crippen LogP contribution is -2.29. The van der Waals surface area contributed by atoms with Gasteiger partial charge in [-0.25, -0.2) is 9.78 Å². The maximum Gasteiger partial charge on any atom is 0.456 e. The topological polar surface area (TPSA) is 68.3 Å². The number of halogens is 4. The minimum Gasteiger partial charge on any atom is -0.444 e. The van der Waals surface area contributed by atoms with Gasteiger partial charge >= 0.3 is 12.3 Å². The van der Waals surface area contributed by atoms with Gasteiger partial charge in [0.15, 0.2) is 0 Å². The van der Waals surface area contributed by atoms with Crippen LogP contribution in [0.4, 0.5) is 23.7 Å². The van der Waals surface area contributed by atoms with Crippen LogP contribution < -0.4 is 5.32 Å². The van der Waals surface area contributed by atoms with Crippen molar-refractivity contribution in [3.05, 3.63) is 23.0 Å². The molecule has 0 unspecified atom stereocenters. The molecule has 0 aliphatic rings. The Hall–Kier alpha value is -1.83. The summed E-state index contributed by atoms with van der Waals surface area (Å²) in [5.74, 6) is -2.21. The van der Waals surface area contributed by atoms with Gasteiger partial charge in [0.25, 0.3) is 5.78 Å². The summed E-state index contributed by atoms with van der Waals surface area (Å²) < 4.78 is 42.3. The normalized spacial score (nSPS) is 12.0. The number of hydrogen-bond acceptors (Lipinski definition) is 4. The standard InChI is InChI=1S/C12H12ClF3N2O3/c1-11(2,3)21-10(20)17-6-4-5-7(13)18-8(6)9(19)12(14,15)16/h4-5H,1-3H3,(H,17,20). The summed E-state index contributed by atoms with van der Waals surface area (Å²) >= 11 is 5.48. The smallest absolute Gasteiger partial charge is 0.444 e. The molecule has 1 amide bonds. The predicted molar refractivity (Wildman–Crippen MR) is 69.5 cm³/mol. The number of nitrogens with one attached hydrogen (secondary N) is 1. The summed E-state index contributed by atoms with van der Waals surface area (Å²) in [7, 11) is 0. The lowest BCUT2D eigenvalue weighted by Gasteiger charge is -2.20. The predicted octanol–water partition coefficient (Wildman–Crippen LogP) is 3.83. The highest BCUT2D eigenvalue weighted by Gasteiger charge is 2.42. The van der Waals surface area contributed by atoms with Crippen LogP contribution in [0.15, 0.2) is 12.1 Å². The number of Topliss-reactive ketones (excluding diaryl/α,β-unsaturated/α-hetero) is 1. The minimum atomic E-state index is -5.14. The zero-order chi connectivity index (χ0) is 16.4. The van der Waals surface area contributed by atoms with Gasteiger partial charge < -0.3 is 4.74 Å². The summed E-state index contributed by atoms with van der Waals surface area (Å²) in [6, 6.07) is 2.18. The molecular weight excluding hydrogens is 313 g/mol. The monoisotopic (exact) mass is 324 g/mol. The number of rotatable bonds is 2. The Kier molecular flexibility index (Phi) is 4.83. The number of anilines is 1. The second-order valence-electron chi connectivity index (χ2n) is 4.98. The SMILES string of the molecule is CC(C)(C)OC(=O)Nc1ccc(Cl)nc1C(=O)C(F)(F)F. The first kappa shape index (κ1) is 17.2. The van der Waals surface area contributed by atoms with Crippen LogP contribution in [-0.2, 0) is 4.74 Å². The van der Waals surface area contributed by atoms with Crippen LogP contribution in [0.2, 0.25) is 5.15 Å². The molecule has 0 fully saturated rings. The quantitative estimate of drug-likeness (QED) is 0.663. The van der Waals surface area contributed by atoms with Crippen molar-refractivity contribution in [3.63, 3.8) is 0 Å². The lowest BCUT2D eigenvalue weighted by molar-refractivity contribution is -0.0887. The molecule has 0 atom stereocenters. The number of hydrogen-bond donors (Lipinski definition) is 1. The first-order chi connectivity index (χ1) is 9.40. The average molecular weight is 325 g/mol. The second kappa shape index (κ2) is 5.88. The van der Waals surface area contributed by atoms with Crippen LogP contribution in [-0.4, -0.2) is 28.6 Å². The van der Waals surface area contributed by atoms with E-state index < -0.39 is 35.0 Å². The second-order valence-corrected chi connectivity index (χ2v) is 5.37. The molecule has 9 heteroatoms. The third-order valence-electron chi connectivity index (χ3n) is 1.97. The summed E-state index contributed by atoms with van der Waals surface area (Å²) in [6.07, 6.45) is -6.15. The lowest BCUT2D eigenvalue weighted by atomic mass is 10.2. The molecule has 0 aromatic carbocycles. The molecule has 0 radical (unpaired) electrons.